The SMILES string of the molecule is CCc1cccc(C)c1NC(=O)CN1C(=O)[C@@H]2CCCC2=Nc2cc(C)c(C)cc21. The van der Waals surface area contributed by atoms with Gasteiger partial charge in [-0.2, -0.15) is 0 Å². The van der Waals surface area contributed by atoms with Gasteiger partial charge >= 0.3 is 0 Å². The number of nitrogens with zero attached hydrogens (tertiary/aromatic N) is 2. The number of amides is 2. The van der Waals surface area contributed by atoms with Crippen molar-refractivity contribution in [1.82, 2.24) is 0 Å². The van der Waals surface area contributed by atoms with Crippen molar-refractivity contribution in [2.75, 3.05) is 16.8 Å². The number of aryl methyl sites for hydroxylation is 4. The van der Waals surface area contributed by atoms with E-state index in [1.54, 1.807) is 4.90 Å². The molecule has 2 amide bonds. The summed E-state index contributed by atoms with van der Waals surface area (Å²) in [6.45, 7) is 8.13. The predicted molar refractivity (Wildman–Crippen MR) is 122 cm³/mol. The van der Waals surface area contributed by atoms with Gasteiger partial charge in [0.1, 0.15) is 6.54 Å². The average molecular weight is 404 g/mol. The number of anilines is 2. The van der Waals surface area contributed by atoms with Gasteiger partial charge in [0.2, 0.25) is 11.8 Å². The molecule has 1 saturated carbocycles. The summed E-state index contributed by atoms with van der Waals surface area (Å²) in [6.07, 6.45) is 3.46. The number of carbonyl (C=O) groups is 2. The van der Waals surface area contributed by atoms with Gasteiger partial charge in [-0.3, -0.25) is 14.6 Å². The fourth-order valence-electron chi connectivity index (χ4n) is 4.47. The average Bonchev–Trinajstić information content (AvgIpc) is 3.14. The summed E-state index contributed by atoms with van der Waals surface area (Å²) in [6, 6.07) is 10.0. The zero-order chi connectivity index (χ0) is 21.4. The van der Waals surface area contributed by atoms with E-state index in [1.807, 2.05) is 44.2 Å². The second kappa shape index (κ2) is 8.05. The van der Waals surface area contributed by atoms with Crippen LogP contribution in [0.1, 0.15) is 48.4 Å². The highest BCUT2D eigenvalue weighted by molar-refractivity contribution is 6.17. The lowest BCUT2D eigenvalue weighted by molar-refractivity contribution is -0.123. The molecule has 0 aromatic heterocycles. The van der Waals surface area contributed by atoms with Gasteiger partial charge in [-0.25, -0.2) is 0 Å². The molecular formula is C25H29N3O2. The van der Waals surface area contributed by atoms with Crippen molar-refractivity contribution in [3.63, 3.8) is 0 Å². The number of hydrogen-bond acceptors (Lipinski definition) is 3. The third kappa shape index (κ3) is 3.64. The maximum absolute atomic E-state index is 13.4. The molecule has 0 unspecified atom stereocenters. The molecule has 0 saturated heterocycles. The van der Waals surface area contributed by atoms with Gasteiger partial charge in [-0.05, 0) is 80.8 Å². The molecule has 30 heavy (non-hydrogen) atoms. The van der Waals surface area contributed by atoms with Crippen LogP contribution in [0.5, 0.6) is 0 Å². The molecule has 1 fully saturated rings. The molecule has 1 aliphatic heterocycles. The Bertz CT molecular complexity index is 1050. The molecule has 2 aromatic rings. The lowest BCUT2D eigenvalue weighted by Gasteiger charge is -2.25. The molecule has 2 aliphatic rings. The van der Waals surface area contributed by atoms with Crippen molar-refractivity contribution in [2.24, 2.45) is 10.9 Å². The van der Waals surface area contributed by atoms with E-state index >= 15 is 0 Å². The third-order valence-corrected chi connectivity index (χ3v) is 6.34. The van der Waals surface area contributed by atoms with Crippen molar-refractivity contribution >= 4 is 34.6 Å². The molecular weight excluding hydrogens is 374 g/mol. The van der Waals surface area contributed by atoms with Gasteiger partial charge < -0.3 is 10.2 Å². The molecule has 156 valence electrons. The Morgan fingerprint density at radius 1 is 1.17 bits per heavy atom. The maximum Gasteiger partial charge on any atom is 0.244 e. The highest BCUT2D eigenvalue weighted by Crippen LogP contribution is 2.39. The van der Waals surface area contributed by atoms with Crippen LogP contribution < -0.4 is 10.2 Å². The monoisotopic (exact) mass is 403 g/mol. The summed E-state index contributed by atoms with van der Waals surface area (Å²) in [5, 5.41) is 3.06. The minimum absolute atomic E-state index is 0.00881. The third-order valence-electron chi connectivity index (χ3n) is 6.34. The van der Waals surface area contributed by atoms with Crippen LogP contribution in [0.3, 0.4) is 0 Å². The smallest absolute Gasteiger partial charge is 0.244 e. The highest BCUT2D eigenvalue weighted by Gasteiger charge is 2.37. The molecule has 1 aliphatic carbocycles. The van der Waals surface area contributed by atoms with Crippen LogP contribution in [0, 0.1) is 26.7 Å². The van der Waals surface area contributed by atoms with Crippen LogP contribution in [0.2, 0.25) is 0 Å². The molecule has 4 rings (SSSR count). The van der Waals surface area contributed by atoms with Gasteiger partial charge in [-0.15, -0.1) is 0 Å². The first kappa shape index (κ1) is 20.3. The summed E-state index contributed by atoms with van der Waals surface area (Å²) >= 11 is 0. The number of hydrogen-bond donors (Lipinski definition) is 1. The first-order chi connectivity index (χ1) is 14.4. The minimum atomic E-state index is -0.213. The lowest BCUT2D eigenvalue weighted by Crippen LogP contribution is -2.42. The Hall–Kier alpha value is -2.95. The zero-order valence-corrected chi connectivity index (χ0v) is 18.2. The first-order valence-electron chi connectivity index (χ1n) is 10.8. The van der Waals surface area contributed by atoms with E-state index in [9.17, 15) is 9.59 Å². The molecule has 0 radical (unpaired) electrons. The number of benzene rings is 2. The van der Waals surface area contributed by atoms with Crippen LogP contribution >= 0.6 is 0 Å². The summed E-state index contributed by atoms with van der Waals surface area (Å²) in [5.41, 5.74) is 7.69. The van der Waals surface area contributed by atoms with Crippen molar-refractivity contribution in [1.29, 1.82) is 0 Å². The van der Waals surface area contributed by atoms with Gasteiger partial charge in [0.05, 0.1) is 17.3 Å². The summed E-state index contributed by atoms with van der Waals surface area (Å²) < 4.78 is 0. The molecule has 2 aromatic carbocycles. The van der Waals surface area contributed by atoms with E-state index in [2.05, 4.69) is 19.2 Å². The lowest BCUT2D eigenvalue weighted by atomic mass is 10.0. The van der Waals surface area contributed by atoms with E-state index in [4.69, 9.17) is 4.99 Å². The molecule has 0 spiro atoms. The summed E-state index contributed by atoms with van der Waals surface area (Å²) in [5.74, 6) is -0.405. The minimum Gasteiger partial charge on any atom is -0.324 e. The Morgan fingerprint density at radius 2 is 1.93 bits per heavy atom. The van der Waals surface area contributed by atoms with Crippen LogP contribution in [0.4, 0.5) is 17.1 Å². The van der Waals surface area contributed by atoms with E-state index in [0.717, 1.165) is 70.7 Å². The molecule has 5 nitrogen and oxygen atoms in total. The second-order valence-electron chi connectivity index (χ2n) is 8.41. The normalized spacial score (nSPS) is 17.9. The molecule has 0 bridgehead atoms. The number of nitrogens with one attached hydrogen (secondary N) is 1. The van der Waals surface area contributed by atoms with E-state index in [-0.39, 0.29) is 24.3 Å². The quantitative estimate of drug-likeness (QED) is 0.778. The van der Waals surface area contributed by atoms with E-state index in [1.165, 1.54) is 0 Å². The van der Waals surface area contributed by atoms with Crippen molar-refractivity contribution in [3.8, 4) is 0 Å². The molecule has 5 heteroatoms. The van der Waals surface area contributed by atoms with Crippen LogP contribution in [-0.2, 0) is 16.0 Å². The zero-order valence-electron chi connectivity index (χ0n) is 18.2. The van der Waals surface area contributed by atoms with Crippen LogP contribution in [-0.4, -0.2) is 24.1 Å². The van der Waals surface area contributed by atoms with Gasteiger partial charge in [-0.1, -0.05) is 25.1 Å². The standard InChI is InChI=1S/C25H29N3O2/c1-5-18-9-6-8-15(2)24(18)27-23(29)14-28-22-13-17(4)16(3)12-21(22)26-20-11-7-10-19(20)25(28)30/h6,8-9,12-13,19H,5,7,10-11,14H2,1-4H3,(H,27,29)/t19-/m1/s1. The Labute approximate surface area is 178 Å². The predicted octanol–water partition coefficient (Wildman–Crippen LogP) is 5.03. The largest absolute Gasteiger partial charge is 0.324 e. The topological polar surface area (TPSA) is 61.8 Å². The maximum atomic E-state index is 13.4. The fraction of sp³-hybridized carbons (Fsp3) is 0.400. The fourth-order valence-corrected chi connectivity index (χ4v) is 4.47. The van der Waals surface area contributed by atoms with Crippen LogP contribution in [0.25, 0.3) is 0 Å². The Balaban J connectivity index is 1.68. The van der Waals surface area contributed by atoms with Gasteiger partial charge in [0, 0.05) is 11.4 Å². The highest BCUT2D eigenvalue weighted by atomic mass is 16.2. The number of carbonyl (C=O) groups excluding carboxylic acids is 2. The van der Waals surface area contributed by atoms with Crippen molar-refractivity contribution < 1.29 is 9.59 Å². The number of fused-ring (bicyclic) bond motifs is 2. The Kier molecular flexibility index (Phi) is 5.46. The number of para-hydroxylation sites is 1. The van der Waals surface area contributed by atoms with E-state index in [0.29, 0.717) is 0 Å². The number of rotatable bonds is 4. The van der Waals surface area contributed by atoms with E-state index < -0.39 is 0 Å². The van der Waals surface area contributed by atoms with Crippen molar-refractivity contribution in [3.05, 3.63) is 52.6 Å². The molecule has 1 heterocycles. The molecule has 1 N–H and O–H groups in total. The molecule has 1 atom stereocenters. The summed E-state index contributed by atoms with van der Waals surface area (Å²) in [7, 11) is 0. The van der Waals surface area contributed by atoms with Gasteiger partial charge in [0.15, 0.2) is 0 Å². The number of aliphatic imine (C=N–C) groups is 1. The summed E-state index contributed by atoms with van der Waals surface area (Å²) in [4.78, 5) is 33.0. The van der Waals surface area contributed by atoms with Crippen LogP contribution in [0.15, 0.2) is 35.3 Å². The van der Waals surface area contributed by atoms with Crippen molar-refractivity contribution in [2.45, 2.75) is 53.4 Å². The first-order valence-corrected chi connectivity index (χ1v) is 10.8. The van der Waals surface area contributed by atoms with Gasteiger partial charge in [0.25, 0.3) is 0 Å². The second-order valence-corrected chi connectivity index (χ2v) is 8.41. The Morgan fingerprint density at radius 3 is 2.70 bits per heavy atom.